The molecular formula is C23H26N2O4. The van der Waals surface area contributed by atoms with Gasteiger partial charge in [-0.15, -0.1) is 0 Å². The van der Waals surface area contributed by atoms with Crippen LogP contribution in [0, 0.1) is 0 Å². The number of hydrogen-bond acceptors (Lipinski definition) is 6. The number of aromatic nitrogens is 2. The highest BCUT2D eigenvalue weighted by atomic mass is 16.5. The molecule has 2 heterocycles. The van der Waals surface area contributed by atoms with Crippen LogP contribution >= 0.6 is 0 Å². The summed E-state index contributed by atoms with van der Waals surface area (Å²) in [5, 5.41) is 10.3. The minimum absolute atomic E-state index is 0.671. The van der Waals surface area contributed by atoms with E-state index in [2.05, 4.69) is 24.2 Å². The number of nitrogens with zero attached hydrogens (tertiary/aromatic N) is 2. The Kier molecular flexibility index (Phi) is 5.98. The Morgan fingerprint density at radius 1 is 0.690 bits per heavy atom. The van der Waals surface area contributed by atoms with Crippen molar-refractivity contribution >= 4 is 21.9 Å². The van der Waals surface area contributed by atoms with E-state index in [9.17, 15) is 0 Å². The summed E-state index contributed by atoms with van der Waals surface area (Å²) in [6.07, 6.45) is 4.70. The van der Waals surface area contributed by atoms with Crippen LogP contribution in [0.5, 0.6) is 11.5 Å². The molecule has 6 nitrogen and oxygen atoms in total. The summed E-state index contributed by atoms with van der Waals surface area (Å²) < 4.78 is 22.4. The van der Waals surface area contributed by atoms with Gasteiger partial charge in [-0.1, -0.05) is 24.2 Å². The lowest BCUT2D eigenvalue weighted by molar-refractivity contribution is 0.279. The number of benzene rings is 2. The van der Waals surface area contributed by atoms with Crippen LogP contribution in [0.25, 0.3) is 21.9 Å². The largest absolute Gasteiger partial charge is 0.493 e. The standard InChI is InChI=1S/C23H26N2O4/c1-3-20-18-10-8-16(14-22(18)28-24-20)26-12-6-5-7-13-27-17-9-11-19-21(4-2)25-29-23(19)15-17/h8-11,14-15H,3-7,12-13H2,1-2H3. The van der Waals surface area contributed by atoms with Crippen LogP contribution in [-0.2, 0) is 12.8 Å². The molecule has 0 saturated carbocycles. The van der Waals surface area contributed by atoms with Gasteiger partial charge in [0.15, 0.2) is 11.2 Å². The zero-order valence-corrected chi connectivity index (χ0v) is 16.9. The van der Waals surface area contributed by atoms with Gasteiger partial charge in [-0.25, -0.2) is 0 Å². The first kappa shape index (κ1) is 19.3. The maximum Gasteiger partial charge on any atom is 0.170 e. The van der Waals surface area contributed by atoms with Gasteiger partial charge in [0.1, 0.15) is 11.5 Å². The molecule has 0 saturated heterocycles. The van der Waals surface area contributed by atoms with Crippen molar-refractivity contribution in [3.8, 4) is 11.5 Å². The van der Waals surface area contributed by atoms with Gasteiger partial charge in [0.25, 0.3) is 0 Å². The number of fused-ring (bicyclic) bond motifs is 2. The summed E-state index contributed by atoms with van der Waals surface area (Å²) in [6, 6.07) is 11.8. The van der Waals surface area contributed by atoms with Gasteiger partial charge in [0, 0.05) is 22.9 Å². The van der Waals surface area contributed by atoms with E-state index in [1.807, 2.05) is 36.4 Å². The van der Waals surface area contributed by atoms with Crippen LogP contribution in [0.1, 0.15) is 44.5 Å². The monoisotopic (exact) mass is 394 g/mol. The Balaban J connectivity index is 1.17. The van der Waals surface area contributed by atoms with Crippen molar-refractivity contribution in [1.82, 2.24) is 10.3 Å². The summed E-state index contributed by atoms with van der Waals surface area (Å²) >= 11 is 0. The molecule has 2 aromatic carbocycles. The number of rotatable bonds is 10. The van der Waals surface area contributed by atoms with Gasteiger partial charge in [-0.3, -0.25) is 0 Å². The van der Waals surface area contributed by atoms with Crippen molar-refractivity contribution in [2.24, 2.45) is 0 Å². The Bertz CT molecular complexity index is 997. The first-order valence-corrected chi connectivity index (χ1v) is 10.3. The molecule has 0 amide bonds. The van der Waals surface area contributed by atoms with Gasteiger partial charge in [0.2, 0.25) is 0 Å². The smallest absolute Gasteiger partial charge is 0.170 e. The molecule has 0 aliphatic heterocycles. The second-order valence-corrected chi connectivity index (χ2v) is 7.04. The molecule has 152 valence electrons. The van der Waals surface area contributed by atoms with Crippen molar-refractivity contribution in [3.63, 3.8) is 0 Å². The average Bonchev–Trinajstić information content (AvgIpc) is 3.35. The summed E-state index contributed by atoms with van der Waals surface area (Å²) in [7, 11) is 0. The summed E-state index contributed by atoms with van der Waals surface area (Å²) in [6.45, 7) is 5.48. The average molecular weight is 394 g/mol. The number of unbranched alkanes of at least 4 members (excludes halogenated alkanes) is 2. The highest BCUT2D eigenvalue weighted by Crippen LogP contribution is 2.25. The van der Waals surface area contributed by atoms with Gasteiger partial charge < -0.3 is 18.5 Å². The molecular weight excluding hydrogens is 368 g/mol. The van der Waals surface area contributed by atoms with E-state index < -0.39 is 0 Å². The van der Waals surface area contributed by atoms with Gasteiger partial charge in [-0.2, -0.15) is 0 Å². The minimum atomic E-state index is 0.671. The molecule has 0 fully saturated rings. The fourth-order valence-corrected chi connectivity index (χ4v) is 3.39. The Morgan fingerprint density at radius 3 is 1.62 bits per heavy atom. The van der Waals surface area contributed by atoms with E-state index in [1.54, 1.807) is 0 Å². The Labute approximate surface area is 169 Å². The predicted molar refractivity (Wildman–Crippen MR) is 112 cm³/mol. The number of aryl methyl sites for hydroxylation is 2. The maximum absolute atomic E-state index is 5.84. The molecule has 4 aromatic rings. The van der Waals surface area contributed by atoms with E-state index in [1.165, 1.54) is 0 Å². The molecule has 2 aromatic heterocycles. The summed E-state index contributed by atoms with van der Waals surface area (Å²) in [4.78, 5) is 0. The van der Waals surface area contributed by atoms with E-state index in [0.29, 0.717) is 13.2 Å². The van der Waals surface area contributed by atoms with Gasteiger partial charge >= 0.3 is 0 Å². The van der Waals surface area contributed by atoms with E-state index in [4.69, 9.17) is 18.5 Å². The third-order valence-corrected chi connectivity index (χ3v) is 5.03. The molecule has 0 radical (unpaired) electrons. The number of hydrogen-bond donors (Lipinski definition) is 0. The number of ether oxygens (including phenoxy) is 2. The first-order valence-electron chi connectivity index (χ1n) is 10.3. The molecule has 0 bridgehead atoms. The summed E-state index contributed by atoms with van der Waals surface area (Å²) in [5.41, 5.74) is 3.53. The van der Waals surface area contributed by atoms with E-state index >= 15 is 0 Å². The predicted octanol–water partition coefficient (Wildman–Crippen LogP) is 5.72. The molecule has 0 N–H and O–H groups in total. The molecule has 0 aliphatic carbocycles. The van der Waals surface area contributed by atoms with Crippen LogP contribution in [-0.4, -0.2) is 23.5 Å². The SMILES string of the molecule is CCc1noc2cc(OCCCCCOc3ccc4c(CC)noc4c3)ccc12. The first-order chi connectivity index (χ1) is 14.3. The zero-order chi connectivity index (χ0) is 20.1. The third-order valence-electron chi connectivity index (χ3n) is 5.03. The molecule has 0 atom stereocenters. The van der Waals surface area contributed by atoms with Crippen LogP contribution < -0.4 is 9.47 Å². The molecule has 0 unspecified atom stereocenters. The van der Waals surface area contributed by atoms with Crippen molar-refractivity contribution < 1.29 is 18.5 Å². The third kappa shape index (κ3) is 4.36. The van der Waals surface area contributed by atoms with Crippen LogP contribution in [0.2, 0.25) is 0 Å². The normalized spacial score (nSPS) is 11.4. The van der Waals surface area contributed by atoms with E-state index in [0.717, 1.165) is 76.9 Å². The topological polar surface area (TPSA) is 70.5 Å². The maximum atomic E-state index is 5.84. The quantitative estimate of drug-likeness (QED) is 0.320. The van der Waals surface area contributed by atoms with Crippen molar-refractivity contribution in [2.45, 2.75) is 46.0 Å². The van der Waals surface area contributed by atoms with Crippen molar-refractivity contribution in [1.29, 1.82) is 0 Å². The fourth-order valence-electron chi connectivity index (χ4n) is 3.39. The van der Waals surface area contributed by atoms with Crippen LogP contribution in [0.3, 0.4) is 0 Å². The lowest BCUT2D eigenvalue weighted by Gasteiger charge is -2.07. The molecule has 4 rings (SSSR count). The molecule has 6 heteroatoms. The van der Waals surface area contributed by atoms with Crippen molar-refractivity contribution in [3.05, 3.63) is 47.8 Å². The van der Waals surface area contributed by atoms with Crippen molar-refractivity contribution in [2.75, 3.05) is 13.2 Å². The lowest BCUT2D eigenvalue weighted by Crippen LogP contribution is -2.01. The molecule has 0 aliphatic rings. The molecule has 0 spiro atoms. The van der Waals surface area contributed by atoms with Gasteiger partial charge in [-0.05, 0) is 56.4 Å². The Morgan fingerprint density at radius 2 is 1.17 bits per heavy atom. The fraction of sp³-hybridized carbons (Fsp3) is 0.391. The molecule has 29 heavy (non-hydrogen) atoms. The van der Waals surface area contributed by atoms with Crippen LogP contribution in [0.4, 0.5) is 0 Å². The van der Waals surface area contributed by atoms with E-state index in [-0.39, 0.29) is 0 Å². The lowest BCUT2D eigenvalue weighted by atomic mass is 10.2. The zero-order valence-electron chi connectivity index (χ0n) is 16.9. The second-order valence-electron chi connectivity index (χ2n) is 7.04. The van der Waals surface area contributed by atoms with Gasteiger partial charge in [0.05, 0.1) is 24.6 Å². The Hall–Kier alpha value is -3.02. The highest BCUT2D eigenvalue weighted by molar-refractivity contribution is 5.81. The highest BCUT2D eigenvalue weighted by Gasteiger charge is 2.08. The second kappa shape index (κ2) is 8.99. The minimum Gasteiger partial charge on any atom is -0.493 e. The summed E-state index contributed by atoms with van der Waals surface area (Å²) in [5.74, 6) is 1.64. The van der Waals surface area contributed by atoms with Crippen LogP contribution in [0.15, 0.2) is 45.4 Å².